The molecular formula is C31H34F2N8O2. The van der Waals surface area contributed by atoms with Crippen LogP contribution in [0.2, 0.25) is 0 Å². The van der Waals surface area contributed by atoms with E-state index in [1.807, 2.05) is 50.8 Å². The van der Waals surface area contributed by atoms with Gasteiger partial charge in [-0.05, 0) is 50.2 Å². The fourth-order valence-electron chi connectivity index (χ4n) is 4.74. The third kappa shape index (κ3) is 6.47. The molecule has 0 aliphatic carbocycles. The standard InChI is InChI=1S/C31H34F2N8O2/c1-19-9-10-21(18-34-19)41-27(17-25(38-41)31(3,4)5)37-30(43)36-24-11-12-26(35-20(24)2)39-13-15-40(16-14-39)29(42)28-22(32)7-6-8-23(28)33/h6-12,17-18H,13-16H2,1-5H3,(H2,36,37,43). The summed E-state index contributed by atoms with van der Waals surface area (Å²) in [6.45, 7) is 11.3. The van der Waals surface area contributed by atoms with Gasteiger partial charge < -0.3 is 15.1 Å². The number of urea groups is 1. The lowest BCUT2D eigenvalue weighted by molar-refractivity contribution is 0.0736. The molecule has 3 aromatic heterocycles. The quantitative estimate of drug-likeness (QED) is 0.321. The van der Waals surface area contributed by atoms with E-state index in [0.717, 1.165) is 29.2 Å². The van der Waals surface area contributed by atoms with Crippen LogP contribution in [-0.2, 0) is 5.41 Å². The first-order valence-electron chi connectivity index (χ1n) is 14.0. The van der Waals surface area contributed by atoms with Crippen molar-refractivity contribution in [2.24, 2.45) is 0 Å². The molecule has 0 atom stereocenters. The van der Waals surface area contributed by atoms with Gasteiger partial charge in [-0.2, -0.15) is 5.10 Å². The van der Waals surface area contributed by atoms with Crippen molar-refractivity contribution in [1.29, 1.82) is 0 Å². The van der Waals surface area contributed by atoms with Gasteiger partial charge in [0.1, 0.15) is 28.8 Å². The van der Waals surface area contributed by atoms with E-state index >= 15 is 0 Å². The van der Waals surface area contributed by atoms with Gasteiger partial charge in [-0.25, -0.2) is 23.2 Å². The molecule has 4 aromatic rings. The second-order valence-electron chi connectivity index (χ2n) is 11.5. The predicted octanol–water partition coefficient (Wildman–Crippen LogP) is 5.46. The van der Waals surface area contributed by atoms with Gasteiger partial charge in [0.25, 0.3) is 5.91 Å². The van der Waals surface area contributed by atoms with Crippen molar-refractivity contribution in [2.75, 3.05) is 41.7 Å². The summed E-state index contributed by atoms with van der Waals surface area (Å²) in [6, 6.07) is 12.1. The van der Waals surface area contributed by atoms with Crippen LogP contribution >= 0.6 is 0 Å². The summed E-state index contributed by atoms with van der Waals surface area (Å²) in [4.78, 5) is 38.3. The Hall–Kier alpha value is -4.87. The zero-order valence-electron chi connectivity index (χ0n) is 24.8. The van der Waals surface area contributed by atoms with Gasteiger partial charge in [0.15, 0.2) is 0 Å². The third-order valence-corrected chi connectivity index (χ3v) is 7.25. The van der Waals surface area contributed by atoms with Crippen molar-refractivity contribution in [1.82, 2.24) is 24.6 Å². The van der Waals surface area contributed by atoms with Crippen LogP contribution in [0.5, 0.6) is 0 Å². The molecule has 4 heterocycles. The number of hydrogen-bond donors (Lipinski definition) is 2. The zero-order valence-corrected chi connectivity index (χ0v) is 24.8. The number of rotatable bonds is 5. The normalized spacial score (nSPS) is 13.7. The van der Waals surface area contributed by atoms with Crippen molar-refractivity contribution < 1.29 is 18.4 Å². The van der Waals surface area contributed by atoms with Gasteiger partial charge in [-0.1, -0.05) is 26.8 Å². The molecule has 3 amide bonds. The molecular weight excluding hydrogens is 554 g/mol. The van der Waals surface area contributed by atoms with Gasteiger partial charge in [0.05, 0.1) is 29.0 Å². The van der Waals surface area contributed by atoms with E-state index in [-0.39, 0.29) is 18.5 Å². The number of hydrogen-bond acceptors (Lipinski definition) is 6. The van der Waals surface area contributed by atoms with Crippen molar-refractivity contribution in [3.8, 4) is 5.69 Å². The molecule has 1 saturated heterocycles. The molecule has 0 saturated carbocycles. The van der Waals surface area contributed by atoms with Crippen LogP contribution in [0.25, 0.3) is 5.69 Å². The smallest absolute Gasteiger partial charge is 0.324 e. The largest absolute Gasteiger partial charge is 0.353 e. The average molecular weight is 589 g/mol. The molecule has 0 bridgehead atoms. The fourth-order valence-corrected chi connectivity index (χ4v) is 4.74. The Morgan fingerprint density at radius 1 is 0.907 bits per heavy atom. The first kappa shape index (κ1) is 29.6. The molecule has 5 rings (SSSR count). The maximum Gasteiger partial charge on any atom is 0.324 e. The Labute approximate surface area is 248 Å². The molecule has 1 aliphatic heterocycles. The molecule has 2 N–H and O–H groups in total. The van der Waals surface area contributed by atoms with Crippen molar-refractivity contribution in [3.63, 3.8) is 0 Å². The Morgan fingerprint density at radius 2 is 1.60 bits per heavy atom. The zero-order chi connectivity index (χ0) is 30.9. The van der Waals surface area contributed by atoms with E-state index < -0.39 is 29.1 Å². The highest BCUT2D eigenvalue weighted by molar-refractivity contribution is 6.00. The number of nitrogens with one attached hydrogen (secondary N) is 2. The monoisotopic (exact) mass is 588 g/mol. The second kappa shape index (κ2) is 11.8. The third-order valence-electron chi connectivity index (χ3n) is 7.25. The minimum atomic E-state index is -0.872. The first-order chi connectivity index (χ1) is 20.4. The SMILES string of the molecule is Cc1ccc(-n2nc(C(C)(C)C)cc2NC(=O)Nc2ccc(N3CCN(C(=O)c4c(F)cccc4F)CC3)nc2C)cn1. The number of nitrogens with zero attached hydrogens (tertiary/aromatic N) is 6. The van der Waals surface area contributed by atoms with Crippen LogP contribution in [0, 0.1) is 25.5 Å². The molecule has 12 heteroatoms. The van der Waals surface area contributed by atoms with E-state index in [2.05, 4.69) is 20.6 Å². The van der Waals surface area contributed by atoms with E-state index in [1.54, 1.807) is 29.9 Å². The number of anilines is 3. The number of aromatic nitrogens is 4. The number of piperazine rings is 1. The molecule has 10 nitrogen and oxygen atoms in total. The summed E-state index contributed by atoms with van der Waals surface area (Å²) in [6.07, 6.45) is 1.71. The van der Waals surface area contributed by atoms with Gasteiger partial charge in [0.2, 0.25) is 0 Å². The number of benzene rings is 1. The highest BCUT2D eigenvalue weighted by Crippen LogP contribution is 2.27. The Bertz CT molecular complexity index is 1640. The topological polar surface area (TPSA) is 108 Å². The van der Waals surface area contributed by atoms with E-state index in [1.165, 1.54) is 11.0 Å². The number of amides is 3. The summed E-state index contributed by atoms with van der Waals surface area (Å²) in [7, 11) is 0. The van der Waals surface area contributed by atoms with Gasteiger partial charge >= 0.3 is 6.03 Å². The lowest BCUT2D eigenvalue weighted by atomic mass is 9.92. The van der Waals surface area contributed by atoms with Gasteiger partial charge in [-0.15, -0.1) is 0 Å². The Kier molecular flexibility index (Phi) is 8.12. The molecule has 0 unspecified atom stereocenters. The fraction of sp³-hybridized carbons (Fsp3) is 0.323. The van der Waals surface area contributed by atoms with E-state index in [0.29, 0.717) is 36.1 Å². The summed E-state index contributed by atoms with van der Waals surface area (Å²) in [5, 5.41) is 10.5. The summed E-state index contributed by atoms with van der Waals surface area (Å²) >= 11 is 0. The Morgan fingerprint density at radius 3 is 2.21 bits per heavy atom. The van der Waals surface area contributed by atoms with E-state index in [4.69, 9.17) is 5.10 Å². The van der Waals surface area contributed by atoms with Gasteiger partial charge in [0, 0.05) is 43.4 Å². The number of carbonyl (C=O) groups excluding carboxylic acids is 2. The minimum absolute atomic E-state index is 0.237. The van der Waals surface area contributed by atoms with Crippen LogP contribution in [-0.4, -0.2) is 62.8 Å². The van der Waals surface area contributed by atoms with Crippen LogP contribution in [0.4, 0.5) is 30.9 Å². The van der Waals surface area contributed by atoms with Crippen LogP contribution < -0.4 is 15.5 Å². The maximum atomic E-state index is 14.1. The van der Waals surface area contributed by atoms with Crippen LogP contribution in [0.1, 0.15) is 48.2 Å². The minimum Gasteiger partial charge on any atom is -0.353 e. The lowest BCUT2D eigenvalue weighted by Crippen LogP contribution is -2.49. The molecule has 0 spiro atoms. The van der Waals surface area contributed by atoms with Crippen molar-refractivity contribution in [3.05, 3.63) is 89.0 Å². The number of halogens is 2. The first-order valence-corrected chi connectivity index (χ1v) is 14.0. The number of aryl methyl sites for hydroxylation is 2. The highest BCUT2D eigenvalue weighted by Gasteiger charge is 2.27. The molecule has 1 aromatic carbocycles. The van der Waals surface area contributed by atoms with Crippen LogP contribution in [0.15, 0.2) is 54.7 Å². The Balaban J connectivity index is 1.24. The summed E-state index contributed by atoms with van der Waals surface area (Å²) in [5.74, 6) is -1.24. The lowest BCUT2D eigenvalue weighted by Gasteiger charge is -2.35. The van der Waals surface area contributed by atoms with Crippen molar-refractivity contribution in [2.45, 2.75) is 40.0 Å². The molecule has 224 valence electrons. The van der Waals surface area contributed by atoms with Crippen molar-refractivity contribution >= 4 is 29.3 Å². The number of carbonyl (C=O) groups is 2. The van der Waals surface area contributed by atoms with Gasteiger partial charge in [-0.3, -0.25) is 15.1 Å². The molecule has 43 heavy (non-hydrogen) atoms. The molecule has 0 radical (unpaired) electrons. The molecule has 1 fully saturated rings. The molecule has 1 aliphatic rings. The number of pyridine rings is 2. The summed E-state index contributed by atoms with van der Waals surface area (Å²) in [5.41, 5.74) is 2.77. The predicted molar refractivity (Wildman–Crippen MR) is 161 cm³/mol. The van der Waals surface area contributed by atoms with E-state index in [9.17, 15) is 18.4 Å². The second-order valence-corrected chi connectivity index (χ2v) is 11.5. The summed E-state index contributed by atoms with van der Waals surface area (Å²) < 4.78 is 29.9. The van der Waals surface area contributed by atoms with Crippen LogP contribution in [0.3, 0.4) is 0 Å². The highest BCUT2D eigenvalue weighted by atomic mass is 19.1. The maximum absolute atomic E-state index is 14.1. The average Bonchev–Trinajstić information content (AvgIpc) is 3.39.